The Kier molecular flexibility index (Phi) is 6.69. The van der Waals surface area contributed by atoms with Crippen molar-refractivity contribution < 1.29 is 4.79 Å². The third kappa shape index (κ3) is 4.64. The first-order valence-electron chi connectivity index (χ1n) is 13.2. The zero-order chi connectivity index (χ0) is 25.0. The molecule has 7 rings (SSSR count). The third-order valence-corrected chi connectivity index (χ3v) is 9.79. The summed E-state index contributed by atoms with van der Waals surface area (Å²) in [6.07, 6.45) is 8.82. The minimum absolute atomic E-state index is 0.388. The fraction of sp³-hybridized carbons (Fsp3) is 0.467. The number of benzene rings is 2. The van der Waals surface area contributed by atoms with Gasteiger partial charge in [0.05, 0.1) is 22.1 Å². The number of nitrogens with zero attached hydrogens (tertiary/aromatic N) is 2. The van der Waals surface area contributed by atoms with Crippen molar-refractivity contribution in [1.82, 2.24) is 9.78 Å². The number of halogens is 3. The van der Waals surface area contributed by atoms with E-state index in [1.165, 1.54) is 32.1 Å². The minimum atomic E-state index is 0.388. The molecule has 0 amide bonds. The Morgan fingerprint density at radius 2 is 1.56 bits per heavy atom. The Labute approximate surface area is 228 Å². The quantitative estimate of drug-likeness (QED) is 0.299. The molecule has 1 aromatic heterocycles. The van der Waals surface area contributed by atoms with Gasteiger partial charge in [0.2, 0.25) is 0 Å². The summed E-state index contributed by atoms with van der Waals surface area (Å²) in [5, 5.41) is 6.76. The van der Waals surface area contributed by atoms with E-state index >= 15 is 0 Å². The number of carbonyl (C=O) groups is 1. The smallest absolute Gasteiger partial charge is 0.133 e. The van der Waals surface area contributed by atoms with E-state index in [9.17, 15) is 4.79 Å². The van der Waals surface area contributed by atoms with Crippen LogP contribution in [0.5, 0.6) is 0 Å². The van der Waals surface area contributed by atoms with E-state index in [2.05, 4.69) is 6.92 Å². The lowest BCUT2D eigenvalue weighted by molar-refractivity contribution is -0.124. The van der Waals surface area contributed by atoms with Gasteiger partial charge in [-0.25, -0.2) is 4.68 Å². The van der Waals surface area contributed by atoms with Crippen molar-refractivity contribution in [3.05, 3.63) is 68.8 Å². The third-order valence-electron chi connectivity index (χ3n) is 9.00. The normalized spacial score (nSPS) is 26.5. The Hall–Kier alpha value is -1.81. The lowest BCUT2D eigenvalue weighted by atomic mass is 9.51. The van der Waals surface area contributed by atoms with Gasteiger partial charge in [0, 0.05) is 28.5 Å². The van der Waals surface area contributed by atoms with Gasteiger partial charge in [-0.15, -0.1) is 0 Å². The Morgan fingerprint density at radius 1 is 0.917 bits per heavy atom. The van der Waals surface area contributed by atoms with Gasteiger partial charge in [0.1, 0.15) is 5.78 Å². The molecule has 4 bridgehead atoms. The topological polar surface area (TPSA) is 34.9 Å². The molecule has 4 aliphatic carbocycles. The molecular formula is C30H31Cl3N2O. The predicted octanol–water partition coefficient (Wildman–Crippen LogP) is 8.77. The van der Waals surface area contributed by atoms with E-state index in [1.807, 2.05) is 41.1 Å². The molecule has 0 saturated heterocycles. The van der Waals surface area contributed by atoms with Gasteiger partial charge >= 0.3 is 0 Å². The van der Waals surface area contributed by atoms with Crippen LogP contribution in [-0.2, 0) is 11.2 Å². The van der Waals surface area contributed by atoms with E-state index in [1.54, 1.807) is 6.07 Å². The highest BCUT2D eigenvalue weighted by Gasteiger charge is 2.48. The molecule has 0 aliphatic heterocycles. The largest absolute Gasteiger partial charge is 0.300 e. The molecule has 0 N–H and O–H groups in total. The maximum atomic E-state index is 13.2. The maximum Gasteiger partial charge on any atom is 0.133 e. The van der Waals surface area contributed by atoms with Gasteiger partial charge in [-0.05, 0) is 111 Å². The molecule has 3 nitrogen and oxygen atoms in total. The van der Waals surface area contributed by atoms with Crippen LogP contribution in [0.1, 0.15) is 56.2 Å². The number of rotatable bonds is 7. The summed E-state index contributed by atoms with van der Waals surface area (Å²) in [7, 11) is 0. The molecule has 188 valence electrons. The molecule has 3 aromatic rings. The molecule has 4 fully saturated rings. The summed E-state index contributed by atoms with van der Waals surface area (Å²) in [5.74, 6) is 4.46. The number of aromatic nitrogens is 2. The van der Waals surface area contributed by atoms with Crippen molar-refractivity contribution in [2.24, 2.45) is 29.6 Å². The molecule has 0 unspecified atom stereocenters. The first-order valence-corrected chi connectivity index (χ1v) is 14.3. The van der Waals surface area contributed by atoms with Crippen LogP contribution in [0.3, 0.4) is 0 Å². The molecular weight excluding hydrogens is 511 g/mol. The zero-order valence-electron chi connectivity index (χ0n) is 20.5. The van der Waals surface area contributed by atoms with Gasteiger partial charge in [-0.3, -0.25) is 4.79 Å². The van der Waals surface area contributed by atoms with E-state index in [0.717, 1.165) is 58.3 Å². The van der Waals surface area contributed by atoms with Gasteiger partial charge < -0.3 is 0 Å². The summed E-state index contributed by atoms with van der Waals surface area (Å²) in [5.41, 5.74) is 4.72. The second-order valence-electron chi connectivity index (χ2n) is 11.3. The van der Waals surface area contributed by atoms with Crippen LogP contribution in [0.2, 0.25) is 15.1 Å². The molecule has 0 spiro atoms. The average Bonchev–Trinajstić information content (AvgIpc) is 3.16. The van der Waals surface area contributed by atoms with Crippen molar-refractivity contribution in [2.45, 2.75) is 58.3 Å². The summed E-state index contributed by atoms with van der Waals surface area (Å²) < 4.78 is 1.88. The number of hydrogen-bond acceptors (Lipinski definition) is 2. The molecule has 6 heteroatoms. The Morgan fingerprint density at radius 3 is 2.19 bits per heavy atom. The van der Waals surface area contributed by atoms with Crippen LogP contribution >= 0.6 is 34.8 Å². The van der Waals surface area contributed by atoms with Crippen LogP contribution in [0.4, 0.5) is 0 Å². The zero-order valence-corrected chi connectivity index (χ0v) is 22.8. The number of Topliss-reactive ketones (excluding diaryl/α,β-unsaturated/α-hetero) is 1. The van der Waals surface area contributed by atoms with Crippen molar-refractivity contribution >= 4 is 40.6 Å². The SMILES string of the molecule is Cc1c(CCC(=O)CC2C3CC4CC(C3)CC2C4)nn(-c2ccc(Cl)cc2Cl)c1-c1ccc(Cl)cc1. The molecule has 4 aliphatic rings. The molecule has 0 radical (unpaired) electrons. The van der Waals surface area contributed by atoms with Gasteiger partial charge in [-0.2, -0.15) is 5.10 Å². The van der Waals surface area contributed by atoms with E-state index in [-0.39, 0.29) is 0 Å². The molecule has 36 heavy (non-hydrogen) atoms. The Bertz CT molecular complexity index is 1270. The summed E-state index contributed by atoms with van der Waals surface area (Å²) in [6.45, 7) is 2.08. The average molecular weight is 542 g/mol. The number of carbonyl (C=O) groups excluding carboxylic acids is 1. The van der Waals surface area contributed by atoms with Gasteiger partial charge in [-0.1, -0.05) is 46.9 Å². The predicted molar refractivity (Wildman–Crippen MR) is 147 cm³/mol. The van der Waals surface area contributed by atoms with Crippen LogP contribution in [-0.4, -0.2) is 15.6 Å². The first kappa shape index (κ1) is 24.5. The van der Waals surface area contributed by atoms with Crippen molar-refractivity contribution in [3.63, 3.8) is 0 Å². The van der Waals surface area contributed by atoms with Crippen molar-refractivity contribution in [3.8, 4) is 16.9 Å². The van der Waals surface area contributed by atoms with Crippen LogP contribution < -0.4 is 0 Å². The summed E-state index contributed by atoms with van der Waals surface area (Å²) >= 11 is 18.9. The molecule has 2 aromatic carbocycles. The monoisotopic (exact) mass is 540 g/mol. The van der Waals surface area contributed by atoms with Gasteiger partial charge in [0.15, 0.2) is 0 Å². The highest BCUT2D eigenvalue weighted by atomic mass is 35.5. The fourth-order valence-corrected chi connectivity index (χ4v) is 8.16. The molecule has 1 heterocycles. The minimum Gasteiger partial charge on any atom is -0.300 e. The Balaban J connectivity index is 1.24. The van der Waals surface area contributed by atoms with E-state index in [0.29, 0.717) is 39.6 Å². The first-order chi connectivity index (χ1) is 17.4. The number of aryl methyl sites for hydroxylation is 1. The van der Waals surface area contributed by atoms with Crippen molar-refractivity contribution in [1.29, 1.82) is 0 Å². The van der Waals surface area contributed by atoms with Crippen LogP contribution in [0.15, 0.2) is 42.5 Å². The highest BCUT2D eigenvalue weighted by molar-refractivity contribution is 6.35. The lowest BCUT2D eigenvalue weighted by Gasteiger charge is -2.54. The number of ketones is 1. The van der Waals surface area contributed by atoms with Crippen LogP contribution in [0.25, 0.3) is 16.9 Å². The number of hydrogen-bond donors (Lipinski definition) is 0. The fourth-order valence-electron chi connectivity index (χ4n) is 7.55. The second kappa shape index (κ2) is 9.82. The van der Waals surface area contributed by atoms with Crippen molar-refractivity contribution in [2.75, 3.05) is 0 Å². The maximum absolute atomic E-state index is 13.2. The summed E-state index contributed by atoms with van der Waals surface area (Å²) in [6, 6.07) is 13.2. The molecule has 0 atom stereocenters. The lowest BCUT2D eigenvalue weighted by Crippen LogP contribution is -2.45. The highest BCUT2D eigenvalue weighted by Crippen LogP contribution is 2.57. The van der Waals surface area contributed by atoms with Crippen LogP contribution in [0, 0.1) is 36.5 Å². The second-order valence-corrected chi connectivity index (χ2v) is 12.6. The van der Waals surface area contributed by atoms with E-state index < -0.39 is 0 Å². The molecule has 4 saturated carbocycles. The standard InChI is InChI=1S/C30H31Cl3N2O/c1-17-28(8-7-25(36)16-26-21-11-18-10-19(13-21)14-22(26)12-18)34-35(29-9-6-24(32)15-27(29)33)30(17)20-2-4-23(31)5-3-20/h2-6,9,15,18-19,21-22,26H,7-8,10-14,16H2,1H3. The summed E-state index contributed by atoms with van der Waals surface area (Å²) in [4.78, 5) is 13.2. The van der Waals surface area contributed by atoms with E-state index in [4.69, 9.17) is 39.9 Å². The van der Waals surface area contributed by atoms with Gasteiger partial charge in [0.25, 0.3) is 0 Å².